The maximum Gasteiger partial charge on any atom is 0.323 e. The molecular weight excluding hydrogens is 562 g/mol. The molecule has 0 unspecified atom stereocenters. The third-order valence-electron chi connectivity index (χ3n) is 8.29. The highest BCUT2D eigenvalue weighted by molar-refractivity contribution is 6.07. The summed E-state index contributed by atoms with van der Waals surface area (Å²) in [6.07, 6.45) is 7.33. The highest BCUT2D eigenvalue weighted by Crippen LogP contribution is 2.37. The molecule has 0 atom stereocenters. The van der Waals surface area contributed by atoms with Gasteiger partial charge in [-0.25, -0.2) is 9.78 Å². The molecule has 8 heteroatoms. The maximum absolute atomic E-state index is 14.3. The van der Waals surface area contributed by atoms with E-state index in [2.05, 4.69) is 48.3 Å². The number of carbonyl (C=O) groups excluding carboxylic acids is 1. The molecule has 3 aromatic heterocycles. The van der Waals surface area contributed by atoms with Gasteiger partial charge in [-0.3, -0.25) is 14.3 Å². The Kier molecular flexibility index (Phi) is 8.65. The van der Waals surface area contributed by atoms with Crippen molar-refractivity contribution in [1.29, 1.82) is 0 Å². The van der Waals surface area contributed by atoms with Crippen LogP contribution in [-0.4, -0.2) is 20.6 Å². The lowest BCUT2D eigenvalue weighted by atomic mass is 9.93. The monoisotopic (exact) mass is 601 g/mol. The van der Waals surface area contributed by atoms with Gasteiger partial charge in [-0.05, 0) is 89.2 Å². The van der Waals surface area contributed by atoms with Gasteiger partial charge in [-0.15, -0.1) is 0 Å². The predicted molar refractivity (Wildman–Crippen MR) is 180 cm³/mol. The van der Waals surface area contributed by atoms with Gasteiger partial charge in [-0.2, -0.15) is 0 Å². The summed E-state index contributed by atoms with van der Waals surface area (Å²) in [5, 5.41) is 6.91. The van der Waals surface area contributed by atoms with Crippen LogP contribution in [0.1, 0.15) is 69.1 Å². The first-order chi connectivity index (χ1) is 21.8. The summed E-state index contributed by atoms with van der Waals surface area (Å²) in [4.78, 5) is 36.9. The Bertz CT molecular complexity index is 1870. The van der Waals surface area contributed by atoms with Gasteiger partial charge in [0.2, 0.25) is 0 Å². The van der Waals surface area contributed by atoms with Crippen LogP contribution in [0.25, 0.3) is 22.2 Å². The highest BCUT2D eigenvalue weighted by Gasteiger charge is 2.27. The number of aromatic nitrogens is 3. The van der Waals surface area contributed by atoms with Crippen molar-refractivity contribution in [2.45, 2.75) is 65.5 Å². The van der Waals surface area contributed by atoms with E-state index in [9.17, 15) is 9.59 Å². The van der Waals surface area contributed by atoms with Crippen LogP contribution in [-0.2, 0) is 13.2 Å². The Balaban J connectivity index is 1.44. The van der Waals surface area contributed by atoms with Crippen LogP contribution in [0, 0.1) is 5.92 Å². The zero-order valence-corrected chi connectivity index (χ0v) is 26.2. The van der Waals surface area contributed by atoms with Crippen molar-refractivity contribution in [3.05, 3.63) is 112 Å². The van der Waals surface area contributed by atoms with Gasteiger partial charge in [0.1, 0.15) is 23.7 Å². The van der Waals surface area contributed by atoms with Crippen molar-refractivity contribution in [2.24, 2.45) is 5.92 Å². The fourth-order valence-electron chi connectivity index (χ4n) is 5.76. The Morgan fingerprint density at radius 1 is 0.889 bits per heavy atom. The van der Waals surface area contributed by atoms with Crippen molar-refractivity contribution < 1.29 is 9.53 Å². The summed E-state index contributed by atoms with van der Waals surface area (Å²) in [6.45, 7) is 9.37. The van der Waals surface area contributed by atoms with Crippen molar-refractivity contribution in [2.75, 3.05) is 10.6 Å². The fraction of sp³-hybridized carbons (Fsp3) is 0.297. The standard InChI is InChI=1S/C37H39N5O3/c1-23(2)29-10-6-11-30(24(3)4)33(29)40-37(44)41-34-32(27-8-5-9-28(20-27)45-22-26-15-18-38-19-16-26)31-12-7-17-39-35(31)42(36(34)43)21-25-13-14-25/h5-12,15-20,23-25H,13-14,21-22H2,1-4H3,(H2,40,41,44). The topological polar surface area (TPSA) is 98.1 Å². The smallest absolute Gasteiger partial charge is 0.323 e. The molecule has 0 bridgehead atoms. The molecule has 8 nitrogen and oxygen atoms in total. The van der Waals surface area contributed by atoms with Gasteiger partial charge in [0.05, 0.1) is 0 Å². The number of ether oxygens (including phenoxy) is 1. The van der Waals surface area contributed by atoms with Crippen LogP contribution in [0.15, 0.2) is 90.1 Å². The predicted octanol–water partition coefficient (Wildman–Crippen LogP) is 8.34. The molecule has 2 N–H and O–H groups in total. The van der Waals surface area contributed by atoms with Gasteiger partial charge in [0.15, 0.2) is 0 Å². The minimum Gasteiger partial charge on any atom is -0.489 e. The number of hydrogen-bond acceptors (Lipinski definition) is 5. The highest BCUT2D eigenvalue weighted by atomic mass is 16.5. The number of para-hydroxylation sites is 1. The molecule has 5 aromatic rings. The third kappa shape index (κ3) is 6.60. The lowest BCUT2D eigenvalue weighted by Crippen LogP contribution is -2.30. The summed E-state index contributed by atoms with van der Waals surface area (Å²) in [6, 6.07) is 20.9. The third-order valence-corrected chi connectivity index (χ3v) is 8.29. The molecule has 6 rings (SSSR count). The Hall–Kier alpha value is -4.98. The van der Waals surface area contributed by atoms with Crippen molar-refractivity contribution in [3.8, 4) is 16.9 Å². The van der Waals surface area contributed by atoms with E-state index in [0.29, 0.717) is 36.0 Å². The number of anilines is 2. The van der Waals surface area contributed by atoms with Crippen LogP contribution in [0.2, 0.25) is 0 Å². The summed E-state index contributed by atoms with van der Waals surface area (Å²) >= 11 is 0. The summed E-state index contributed by atoms with van der Waals surface area (Å²) in [5.41, 5.74) is 5.77. The number of hydrogen-bond donors (Lipinski definition) is 2. The zero-order chi connectivity index (χ0) is 31.5. The minimum atomic E-state index is -0.463. The van der Waals surface area contributed by atoms with E-state index in [1.807, 2.05) is 66.7 Å². The SMILES string of the molecule is CC(C)c1cccc(C(C)C)c1NC(=O)Nc1c(-c2cccc(OCc3ccncc3)c2)c2cccnc2n(CC2CC2)c1=O. The van der Waals surface area contributed by atoms with Gasteiger partial charge in [-0.1, -0.05) is 58.0 Å². The molecule has 1 aliphatic carbocycles. The molecule has 230 valence electrons. The number of amides is 2. The zero-order valence-electron chi connectivity index (χ0n) is 26.2. The molecule has 0 saturated heterocycles. The normalized spacial score (nSPS) is 12.9. The Morgan fingerprint density at radius 3 is 2.27 bits per heavy atom. The molecule has 1 saturated carbocycles. The number of nitrogens with zero attached hydrogens (tertiary/aromatic N) is 3. The van der Waals surface area contributed by atoms with Crippen LogP contribution in [0.5, 0.6) is 5.75 Å². The largest absolute Gasteiger partial charge is 0.489 e. The first kappa shape index (κ1) is 30.1. The molecule has 1 aliphatic rings. The van der Waals surface area contributed by atoms with E-state index in [1.165, 1.54) is 0 Å². The average molecular weight is 602 g/mol. The van der Waals surface area contributed by atoms with Crippen LogP contribution in [0.3, 0.4) is 0 Å². The van der Waals surface area contributed by atoms with Crippen LogP contribution in [0.4, 0.5) is 16.2 Å². The van der Waals surface area contributed by atoms with Crippen LogP contribution < -0.4 is 20.9 Å². The number of pyridine rings is 3. The summed E-state index contributed by atoms with van der Waals surface area (Å²) in [7, 11) is 0. The molecule has 0 radical (unpaired) electrons. The minimum absolute atomic E-state index is 0.201. The van der Waals surface area contributed by atoms with E-state index in [4.69, 9.17) is 4.74 Å². The summed E-state index contributed by atoms with van der Waals surface area (Å²) in [5.74, 6) is 1.47. The number of fused-ring (bicyclic) bond motifs is 1. The average Bonchev–Trinajstić information content (AvgIpc) is 3.87. The van der Waals surface area contributed by atoms with E-state index in [-0.39, 0.29) is 23.1 Å². The second kappa shape index (κ2) is 12.9. The molecule has 1 fully saturated rings. The lowest BCUT2D eigenvalue weighted by Gasteiger charge is -2.22. The second-order valence-corrected chi connectivity index (χ2v) is 12.4. The van der Waals surface area contributed by atoms with Gasteiger partial charge < -0.3 is 15.4 Å². The first-order valence-corrected chi connectivity index (χ1v) is 15.6. The van der Waals surface area contributed by atoms with Crippen LogP contribution >= 0.6 is 0 Å². The number of nitrogens with one attached hydrogen (secondary N) is 2. The molecule has 2 amide bonds. The molecule has 2 aromatic carbocycles. The van der Waals surface area contributed by atoms with E-state index in [1.54, 1.807) is 23.2 Å². The fourth-order valence-corrected chi connectivity index (χ4v) is 5.76. The maximum atomic E-state index is 14.3. The molecule has 0 aliphatic heterocycles. The van der Waals surface area contributed by atoms with E-state index >= 15 is 0 Å². The van der Waals surface area contributed by atoms with E-state index in [0.717, 1.165) is 46.2 Å². The second-order valence-electron chi connectivity index (χ2n) is 12.4. The summed E-state index contributed by atoms with van der Waals surface area (Å²) < 4.78 is 7.85. The number of carbonyl (C=O) groups is 1. The molecule has 45 heavy (non-hydrogen) atoms. The number of benzene rings is 2. The molecule has 0 spiro atoms. The number of urea groups is 1. The number of rotatable bonds is 10. The first-order valence-electron chi connectivity index (χ1n) is 15.6. The lowest BCUT2D eigenvalue weighted by molar-refractivity contribution is 0.262. The van der Waals surface area contributed by atoms with Crippen molar-refractivity contribution in [3.63, 3.8) is 0 Å². The van der Waals surface area contributed by atoms with Crippen molar-refractivity contribution >= 4 is 28.4 Å². The van der Waals surface area contributed by atoms with Gasteiger partial charge in [0, 0.05) is 41.8 Å². The molecule has 3 heterocycles. The quantitative estimate of drug-likeness (QED) is 0.168. The Morgan fingerprint density at radius 2 is 1.58 bits per heavy atom. The van der Waals surface area contributed by atoms with Crippen molar-refractivity contribution in [1.82, 2.24) is 14.5 Å². The van der Waals surface area contributed by atoms with Gasteiger partial charge >= 0.3 is 6.03 Å². The molecular formula is C37H39N5O3. The van der Waals surface area contributed by atoms with Gasteiger partial charge in [0.25, 0.3) is 5.56 Å². The Labute approximate surface area is 263 Å². The van der Waals surface area contributed by atoms with E-state index < -0.39 is 6.03 Å².